The number of hydrogen-bond donors (Lipinski definition) is 0. The van der Waals surface area contributed by atoms with Crippen molar-refractivity contribution < 1.29 is 23.6 Å². The quantitative estimate of drug-likeness (QED) is 0.765. The Kier molecular flexibility index (Phi) is 5.08. The van der Waals surface area contributed by atoms with E-state index in [2.05, 4.69) is 9.89 Å². The minimum absolute atomic E-state index is 0.144. The fraction of sp³-hybridized carbons (Fsp3) is 0.400. The molecular weight excluding hydrogens is 291 g/mol. The van der Waals surface area contributed by atoms with E-state index in [0.29, 0.717) is 18.6 Å². The molecule has 0 spiro atoms. The topological polar surface area (TPSA) is 68.2 Å². The highest BCUT2D eigenvalue weighted by Crippen LogP contribution is 2.16. The number of likely N-dealkylation sites (N-methyl/N-ethyl adjacent to an activating group) is 1. The summed E-state index contributed by atoms with van der Waals surface area (Å²) in [5.74, 6) is -1.17. The lowest BCUT2D eigenvalue weighted by molar-refractivity contribution is -0.150. The summed E-state index contributed by atoms with van der Waals surface area (Å²) < 4.78 is 17.6. The zero-order valence-electron chi connectivity index (χ0n) is 12.4. The highest BCUT2D eigenvalue weighted by molar-refractivity contribution is 5.94. The van der Waals surface area contributed by atoms with Crippen LogP contribution < -0.4 is 0 Å². The fourth-order valence-corrected chi connectivity index (χ4v) is 2.13. The summed E-state index contributed by atoms with van der Waals surface area (Å²) >= 11 is 0. The molecule has 1 heterocycles. The van der Waals surface area contributed by atoms with Gasteiger partial charge in [-0.3, -0.25) is 9.59 Å². The van der Waals surface area contributed by atoms with Crippen molar-refractivity contribution in [3.05, 3.63) is 35.6 Å². The van der Waals surface area contributed by atoms with Crippen LogP contribution in [0.2, 0.25) is 0 Å². The fourth-order valence-electron chi connectivity index (χ4n) is 2.13. The van der Waals surface area contributed by atoms with E-state index in [1.165, 1.54) is 31.2 Å². The van der Waals surface area contributed by atoms with Crippen LogP contribution in [0.1, 0.15) is 12.0 Å². The van der Waals surface area contributed by atoms with Gasteiger partial charge in [0.1, 0.15) is 12.4 Å². The van der Waals surface area contributed by atoms with Crippen LogP contribution in [-0.2, 0) is 25.6 Å². The summed E-state index contributed by atoms with van der Waals surface area (Å²) in [5, 5.41) is 3.88. The van der Waals surface area contributed by atoms with Crippen LogP contribution in [-0.4, -0.2) is 49.3 Å². The van der Waals surface area contributed by atoms with Gasteiger partial charge in [-0.2, -0.15) is 0 Å². The molecular formula is C15H17FN2O4. The highest BCUT2D eigenvalue weighted by atomic mass is 19.1. The molecule has 0 bridgehead atoms. The first-order chi connectivity index (χ1) is 10.5. The van der Waals surface area contributed by atoms with E-state index in [0.717, 1.165) is 5.56 Å². The van der Waals surface area contributed by atoms with Crippen molar-refractivity contribution in [2.75, 3.05) is 20.7 Å². The van der Waals surface area contributed by atoms with E-state index in [1.54, 1.807) is 12.1 Å². The summed E-state index contributed by atoms with van der Waals surface area (Å²) in [7, 11) is 2.75. The van der Waals surface area contributed by atoms with E-state index in [1.807, 2.05) is 0 Å². The van der Waals surface area contributed by atoms with Gasteiger partial charge in [-0.15, -0.1) is 0 Å². The van der Waals surface area contributed by atoms with Crippen LogP contribution >= 0.6 is 0 Å². The number of nitrogens with zero attached hydrogens (tertiary/aromatic N) is 2. The van der Waals surface area contributed by atoms with E-state index in [9.17, 15) is 14.0 Å². The maximum Gasteiger partial charge on any atom is 0.325 e. The molecule has 118 valence electrons. The van der Waals surface area contributed by atoms with Crippen LogP contribution in [0.5, 0.6) is 0 Å². The van der Waals surface area contributed by atoms with E-state index < -0.39 is 12.1 Å². The zero-order chi connectivity index (χ0) is 16.1. The first kappa shape index (κ1) is 15.9. The molecule has 1 unspecified atom stereocenters. The molecule has 1 aromatic rings. The number of amides is 1. The number of halogens is 1. The summed E-state index contributed by atoms with van der Waals surface area (Å²) in [6.45, 7) is -0.144. The molecule has 1 amide bonds. The van der Waals surface area contributed by atoms with Gasteiger partial charge in [0.2, 0.25) is 6.10 Å². The summed E-state index contributed by atoms with van der Waals surface area (Å²) in [6.07, 6.45) is -0.0125. The monoisotopic (exact) mass is 308 g/mol. The molecule has 2 rings (SSSR count). The first-order valence-corrected chi connectivity index (χ1v) is 6.77. The minimum Gasteiger partial charge on any atom is -0.468 e. The van der Waals surface area contributed by atoms with Gasteiger partial charge >= 0.3 is 5.97 Å². The third-order valence-corrected chi connectivity index (χ3v) is 3.27. The molecule has 1 aromatic carbocycles. The van der Waals surface area contributed by atoms with Gasteiger partial charge in [0.25, 0.3) is 5.91 Å². The molecule has 1 atom stereocenters. The lowest BCUT2D eigenvalue weighted by Gasteiger charge is -2.18. The van der Waals surface area contributed by atoms with Gasteiger partial charge in [0.15, 0.2) is 0 Å². The first-order valence-electron chi connectivity index (χ1n) is 6.77. The number of esters is 1. The average Bonchev–Trinajstić information content (AvgIpc) is 2.94. The standard InChI is InChI=1S/C15H17FN2O4/c1-18(9-14(19)21-2)15(20)13-8-12(17-22-13)7-10-4-3-5-11(16)6-10/h3-6,13H,7-9H2,1-2H3. The van der Waals surface area contributed by atoms with Crippen molar-refractivity contribution in [2.24, 2.45) is 5.16 Å². The molecule has 0 N–H and O–H groups in total. The summed E-state index contributed by atoms with van der Waals surface area (Å²) in [5.41, 5.74) is 1.42. The molecule has 1 aliphatic heterocycles. The van der Waals surface area contributed by atoms with Gasteiger partial charge in [-0.05, 0) is 17.7 Å². The maximum absolute atomic E-state index is 13.1. The van der Waals surface area contributed by atoms with Crippen LogP contribution in [0, 0.1) is 5.82 Å². The lowest BCUT2D eigenvalue weighted by Crippen LogP contribution is -2.39. The normalized spacial score (nSPS) is 16.7. The highest BCUT2D eigenvalue weighted by Gasteiger charge is 2.31. The molecule has 0 saturated heterocycles. The predicted molar refractivity (Wildman–Crippen MR) is 76.7 cm³/mol. The molecule has 6 nitrogen and oxygen atoms in total. The van der Waals surface area contributed by atoms with Gasteiger partial charge in [-0.25, -0.2) is 4.39 Å². The van der Waals surface area contributed by atoms with Crippen molar-refractivity contribution in [1.29, 1.82) is 0 Å². The van der Waals surface area contributed by atoms with Gasteiger partial charge in [0, 0.05) is 19.9 Å². The SMILES string of the molecule is COC(=O)CN(C)C(=O)C1CC(Cc2cccc(F)c2)=NO1. The Labute approximate surface area is 127 Å². The average molecular weight is 308 g/mol. The Morgan fingerprint density at radius 1 is 1.50 bits per heavy atom. The molecule has 0 fully saturated rings. The number of benzene rings is 1. The number of hydrogen-bond acceptors (Lipinski definition) is 5. The van der Waals surface area contributed by atoms with Crippen LogP contribution in [0.3, 0.4) is 0 Å². The van der Waals surface area contributed by atoms with Crippen molar-refractivity contribution in [3.63, 3.8) is 0 Å². The van der Waals surface area contributed by atoms with Crippen LogP contribution in [0.15, 0.2) is 29.4 Å². The minimum atomic E-state index is -0.752. The molecule has 0 radical (unpaired) electrons. The van der Waals surface area contributed by atoms with Gasteiger partial charge in [0.05, 0.1) is 12.8 Å². The molecule has 1 aliphatic rings. The number of carbonyl (C=O) groups excluding carboxylic acids is 2. The third kappa shape index (κ3) is 4.03. The van der Waals surface area contributed by atoms with E-state index in [-0.39, 0.29) is 18.3 Å². The van der Waals surface area contributed by atoms with Crippen molar-refractivity contribution in [1.82, 2.24) is 4.90 Å². The molecule has 0 saturated carbocycles. The Morgan fingerprint density at radius 3 is 2.95 bits per heavy atom. The summed E-state index contributed by atoms with van der Waals surface area (Å²) in [4.78, 5) is 29.6. The van der Waals surface area contributed by atoms with Crippen molar-refractivity contribution >= 4 is 17.6 Å². The van der Waals surface area contributed by atoms with Crippen molar-refractivity contribution in [2.45, 2.75) is 18.9 Å². The van der Waals surface area contributed by atoms with Crippen LogP contribution in [0.4, 0.5) is 4.39 Å². The predicted octanol–water partition coefficient (Wildman–Crippen LogP) is 1.14. The maximum atomic E-state index is 13.1. The zero-order valence-corrected chi connectivity index (χ0v) is 12.4. The second-order valence-electron chi connectivity index (χ2n) is 5.03. The second kappa shape index (κ2) is 7.02. The Bertz CT molecular complexity index is 603. The molecule has 22 heavy (non-hydrogen) atoms. The van der Waals surface area contributed by atoms with Gasteiger partial charge in [-0.1, -0.05) is 17.3 Å². The van der Waals surface area contributed by atoms with Crippen molar-refractivity contribution in [3.8, 4) is 0 Å². The Balaban J connectivity index is 1.88. The number of oxime groups is 1. The number of carbonyl (C=O) groups is 2. The Hall–Kier alpha value is -2.44. The lowest BCUT2D eigenvalue weighted by atomic mass is 10.0. The molecule has 7 heteroatoms. The number of ether oxygens (including phenoxy) is 1. The van der Waals surface area contributed by atoms with E-state index >= 15 is 0 Å². The smallest absolute Gasteiger partial charge is 0.325 e. The third-order valence-electron chi connectivity index (χ3n) is 3.27. The van der Waals surface area contributed by atoms with E-state index in [4.69, 9.17) is 4.84 Å². The molecule has 0 aliphatic carbocycles. The van der Waals surface area contributed by atoms with Gasteiger partial charge < -0.3 is 14.5 Å². The number of rotatable bonds is 5. The van der Waals surface area contributed by atoms with Crippen LogP contribution in [0.25, 0.3) is 0 Å². The number of methoxy groups -OCH3 is 1. The Morgan fingerprint density at radius 2 is 2.27 bits per heavy atom. The summed E-state index contributed by atoms with van der Waals surface area (Å²) in [6, 6.07) is 6.18. The largest absolute Gasteiger partial charge is 0.468 e. The molecule has 0 aromatic heterocycles. The second-order valence-corrected chi connectivity index (χ2v) is 5.03.